The number of para-hydroxylation sites is 2. The van der Waals surface area contributed by atoms with Gasteiger partial charge in [-0.3, -0.25) is 0 Å². The molecule has 0 bridgehead atoms. The minimum atomic E-state index is 0.622. The van der Waals surface area contributed by atoms with E-state index >= 15 is 0 Å². The van der Waals surface area contributed by atoms with Crippen LogP contribution in [0.3, 0.4) is 0 Å². The number of hydrogen-bond acceptors (Lipinski definition) is 6. The molecule has 0 spiro atoms. The molecular formula is C62H38N4O2. The maximum absolute atomic E-state index is 6.68. The maximum atomic E-state index is 6.68. The van der Waals surface area contributed by atoms with Crippen molar-refractivity contribution in [3.63, 3.8) is 0 Å². The van der Waals surface area contributed by atoms with Gasteiger partial charge >= 0.3 is 0 Å². The van der Waals surface area contributed by atoms with Crippen LogP contribution in [0.5, 0.6) is 0 Å². The van der Waals surface area contributed by atoms with Crippen molar-refractivity contribution in [1.29, 1.82) is 0 Å². The Kier molecular flexibility index (Phi) is 9.39. The van der Waals surface area contributed by atoms with Crippen LogP contribution in [-0.2, 0) is 0 Å². The number of furan rings is 2. The van der Waals surface area contributed by atoms with Gasteiger partial charge in [0, 0.05) is 33.0 Å². The van der Waals surface area contributed by atoms with Crippen LogP contribution < -0.4 is 0 Å². The van der Waals surface area contributed by atoms with Gasteiger partial charge in [0.15, 0.2) is 22.8 Å². The summed E-state index contributed by atoms with van der Waals surface area (Å²) in [4.78, 5) is 21.1. The Balaban J connectivity index is 0.980. The smallest absolute Gasteiger partial charge is 0.180 e. The SMILES string of the molecule is c1ccc(-c2ccc(-c3nc(-c4ccccc4-c4ccccc4-c4ccccc4-c4nc(-c5ccc(-c6ccccc6)cc5)nc5c4oc4ccccc45)c4oc5ccccc5c4n3)cc2)cc1. The molecule has 4 aromatic heterocycles. The fourth-order valence-electron chi connectivity index (χ4n) is 9.49. The third-order valence-electron chi connectivity index (χ3n) is 12.8. The second-order valence-electron chi connectivity index (χ2n) is 16.9. The van der Waals surface area contributed by atoms with Crippen LogP contribution in [0, 0.1) is 0 Å². The number of aromatic nitrogens is 4. The fourth-order valence-corrected chi connectivity index (χ4v) is 9.49. The van der Waals surface area contributed by atoms with Gasteiger partial charge in [0.25, 0.3) is 0 Å². The van der Waals surface area contributed by atoms with Gasteiger partial charge in [-0.2, -0.15) is 0 Å². The molecule has 0 unspecified atom stereocenters. The quantitative estimate of drug-likeness (QED) is 0.151. The van der Waals surface area contributed by atoms with Gasteiger partial charge in [-0.15, -0.1) is 0 Å². The largest absolute Gasteiger partial charge is 0.452 e. The van der Waals surface area contributed by atoms with Crippen molar-refractivity contribution in [1.82, 2.24) is 19.9 Å². The molecule has 13 rings (SSSR count). The van der Waals surface area contributed by atoms with Crippen LogP contribution >= 0.6 is 0 Å². The molecule has 0 fully saturated rings. The average Bonchev–Trinajstić information content (AvgIpc) is 4.00. The monoisotopic (exact) mass is 870 g/mol. The van der Waals surface area contributed by atoms with Crippen molar-refractivity contribution in [3.05, 3.63) is 231 Å². The summed E-state index contributed by atoms with van der Waals surface area (Å²) in [7, 11) is 0. The van der Waals surface area contributed by atoms with E-state index in [-0.39, 0.29) is 0 Å². The van der Waals surface area contributed by atoms with Crippen molar-refractivity contribution >= 4 is 44.1 Å². The van der Waals surface area contributed by atoms with Crippen LogP contribution in [-0.4, -0.2) is 19.9 Å². The van der Waals surface area contributed by atoms with Crippen molar-refractivity contribution in [3.8, 4) is 89.8 Å². The highest BCUT2D eigenvalue weighted by Crippen LogP contribution is 2.45. The molecule has 9 aromatic carbocycles. The molecule has 13 aromatic rings. The lowest BCUT2D eigenvalue weighted by Crippen LogP contribution is -1.97. The number of rotatable bonds is 8. The van der Waals surface area contributed by atoms with Crippen molar-refractivity contribution in [2.45, 2.75) is 0 Å². The first-order chi connectivity index (χ1) is 33.7. The van der Waals surface area contributed by atoms with Gasteiger partial charge < -0.3 is 8.83 Å². The van der Waals surface area contributed by atoms with Crippen LogP contribution in [0.15, 0.2) is 239 Å². The summed E-state index contributed by atoms with van der Waals surface area (Å²) in [5.74, 6) is 1.24. The molecule has 0 aliphatic carbocycles. The number of nitrogens with zero attached hydrogens (tertiary/aromatic N) is 4. The minimum Gasteiger partial charge on any atom is -0.452 e. The molecule has 68 heavy (non-hydrogen) atoms. The molecular weight excluding hydrogens is 833 g/mol. The molecule has 4 heterocycles. The summed E-state index contributed by atoms with van der Waals surface area (Å²) in [5, 5.41) is 1.88. The molecule has 6 heteroatoms. The van der Waals surface area contributed by atoms with Gasteiger partial charge in [0.1, 0.15) is 33.6 Å². The Morgan fingerprint density at radius 3 is 0.926 bits per heavy atom. The number of benzene rings is 9. The maximum Gasteiger partial charge on any atom is 0.180 e. The van der Waals surface area contributed by atoms with E-state index in [4.69, 9.17) is 28.8 Å². The van der Waals surface area contributed by atoms with Crippen LogP contribution in [0.4, 0.5) is 0 Å². The molecule has 0 amide bonds. The predicted molar refractivity (Wildman–Crippen MR) is 276 cm³/mol. The third kappa shape index (κ3) is 6.74. The Morgan fingerprint density at radius 2 is 0.529 bits per heavy atom. The first kappa shape index (κ1) is 39.1. The first-order valence-electron chi connectivity index (χ1n) is 22.7. The standard InChI is InChI=1S/C62H38N4O2/c1-3-17-39(18-4-1)41-31-35-43(36-32-41)61-63-55(59-57(65-61)51-27-13-15-29-53(51)67-59)49-25-11-9-23-47(49)45-21-7-8-22-46(45)48-24-10-12-26-50(48)56-60-58(52-28-14-16-30-54(52)68-60)66-62(64-56)44-37-33-42(34-38-44)40-19-5-2-6-20-40/h1-38H. The van der Waals surface area contributed by atoms with E-state index in [1.54, 1.807) is 0 Å². The summed E-state index contributed by atoms with van der Waals surface area (Å²) in [5.41, 5.74) is 18.1. The molecule has 0 aliphatic rings. The molecule has 0 saturated heterocycles. The first-order valence-corrected chi connectivity index (χ1v) is 22.7. The van der Waals surface area contributed by atoms with E-state index in [0.717, 1.165) is 111 Å². The lowest BCUT2D eigenvalue weighted by molar-refractivity contribution is 0.667. The lowest BCUT2D eigenvalue weighted by Gasteiger charge is -2.17. The molecule has 0 atom stereocenters. The Labute approximate surface area is 391 Å². The van der Waals surface area contributed by atoms with Crippen LogP contribution in [0.1, 0.15) is 0 Å². The highest BCUT2D eigenvalue weighted by Gasteiger charge is 2.24. The molecule has 318 valence electrons. The Morgan fingerprint density at radius 1 is 0.235 bits per heavy atom. The molecule has 0 N–H and O–H groups in total. The number of hydrogen-bond donors (Lipinski definition) is 0. The Hall–Kier alpha value is -9.26. The number of fused-ring (bicyclic) bond motifs is 6. The second-order valence-corrected chi connectivity index (χ2v) is 16.9. The summed E-state index contributed by atoms with van der Waals surface area (Å²) >= 11 is 0. The van der Waals surface area contributed by atoms with Crippen LogP contribution in [0.2, 0.25) is 0 Å². The van der Waals surface area contributed by atoms with E-state index in [9.17, 15) is 0 Å². The van der Waals surface area contributed by atoms with Gasteiger partial charge in [-0.25, -0.2) is 19.9 Å². The van der Waals surface area contributed by atoms with E-state index in [1.165, 1.54) is 0 Å². The zero-order valence-electron chi connectivity index (χ0n) is 36.5. The minimum absolute atomic E-state index is 0.622. The van der Waals surface area contributed by atoms with Gasteiger partial charge in [-0.1, -0.05) is 206 Å². The van der Waals surface area contributed by atoms with Crippen molar-refractivity contribution in [2.24, 2.45) is 0 Å². The van der Waals surface area contributed by atoms with E-state index in [0.29, 0.717) is 22.8 Å². The van der Waals surface area contributed by atoms with Gasteiger partial charge in [0.05, 0.1) is 0 Å². The summed E-state index contributed by atoms with van der Waals surface area (Å²) in [6.45, 7) is 0. The normalized spacial score (nSPS) is 11.5. The fraction of sp³-hybridized carbons (Fsp3) is 0. The molecule has 0 aliphatic heterocycles. The van der Waals surface area contributed by atoms with Crippen LogP contribution in [0.25, 0.3) is 134 Å². The van der Waals surface area contributed by atoms with Gasteiger partial charge in [-0.05, 0) is 68.8 Å². The lowest BCUT2D eigenvalue weighted by atomic mass is 9.88. The average molecular weight is 871 g/mol. The topological polar surface area (TPSA) is 77.8 Å². The zero-order chi connectivity index (χ0) is 45.0. The summed E-state index contributed by atoms with van der Waals surface area (Å²) in [6.07, 6.45) is 0. The highest BCUT2D eigenvalue weighted by molar-refractivity contribution is 6.10. The second kappa shape index (κ2) is 16.3. The summed E-state index contributed by atoms with van der Waals surface area (Å²) < 4.78 is 13.4. The highest BCUT2D eigenvalue weighted by atomic mass is 16.3. The van der Waals surface area contributed by atoms with Gasteiger partial charge in [0.2, 0.25) is 0 Å². The summed E-state index contributed by atoms with van der Waals surface area (Å²) in [6, 6.07) is 79.3. The van der Waals surface area contributed by atoms with Crippen molar-refractivity contribution in [2.75, 3.05) is 0 Å². The van der Waals surface area contributed by atoms with Crippen molar-refractivity contribution < 1.29 is 8.83 Å². The zero-order valence-corrected chi connectivity index (χ0v) is 36.5. The van der Waals surface area contributed by atoms with E-state index in [2.05, 4.69) is 182 Å². The third-order valence-corrected chi connectivity index (χ3v) is 12.8. The Bertz CT molecular complexity index is 3740. The molecule has 0 radical (unpaired) electrons. The molecule has 0 saturated carbocycles. The van der Waals surface area contributed by atoms with E-state index < -0.39 is 0 Å². The molecule has 6 nitrogen and oxygen atoms in total. The predicted octanol–water partition coefficient (Wildman–Crippen LogP) is 16.4. The van der Waals surface area contributed by atoms with E-state index in [1.807, 2.05) is 48.5 Å².